The first-order valence-electron chi connectivity index (χ1n) is 10.8. The van der Waals surface area contributed by atoms with Crippen molar-refractivity contribution in [2.24, 2.45) is 0 Å². The largest absolute Gasteiger partial charge is 0.326 e. The molecule has 1 aliphatic carbocycles. The molecule has 0 saturated heterocycles. The van der Waals surface area contributed by atoms with Gasteiger partial charge in [-0.05, 0) is 55.4 Å². The van der Waals surface area contributed by atoms with Gasteiger partial charge >= 0.3 is 0 Å². The standard InChI is InChI=1S/C25H33N3O2/c1-17(2)21-10-5-6-11-22(21)26-23(29)14-15-28(20-12-13-20)16-24(30)27-25-18(3)8-7-9-19(25)4/h5-11,17,20H,12-16H2,1-4H3,(H,26,29)(H,27,30). The summed E-state index contributed by atoms with van der Waals surface area (Å²) in [7, 11) is 0. The lowest BCUT2D eigenvalue weighted by Crippen LogP contribution is -2.37. The first-order chi connectivity index (χ1) is 14.3. The number of rotatable bonds is 9. The maximum Gasteiger partial charge on any atom is 0.238 e. The number of hydrogen-bond donors (Lipinski definition) is 2. The molecule has 0 radical (unpaired) electrons. The van der Waals surface area contributed by atoms with E-state index >= 15 is 0 Å². The maximum absolute atomic E-state index is 12.7. The van der Waals surface area contributed by atoms with Gasteiger partial charge in [-0.2, -0.15) is 0 Å². The Morgan fingerprint density at radius 2 is 1.63 bits per heavy atom. The summed E-state index contributed by atoms with van der Waals surface area (Å²) < 4.78 is 0. The summed E-state index contributed by atoms with van der Waals surface area (Å²) in [6, 6.07) is 14.3. The number of nitrogens with one attached hydrogen (secondary N) is 2. The van der Waals surface area contributed by atoms with Crippen molar-refractivity contribution in [3.05, 3.63) is 59.2 Å². The van der Waals surface area contributed by atoms with Gasteiger partial charge in [-0.3, -0.25) is 14.5 Å². The van der Waals surface area contributed by atoms with Crippen LogP contribution < -0.4 is 10.6 Å². The molecule has 30 heavy (non-hydrogen) atoms. The predicted octanol–water partition coefficient (Wildman–Crippen LogP) is 4.86. The zero-order valence-corrected chi connectivity index (χ0v) is 18.5. The molecule has 5 heteroatoms. The second-order valence-electron chi connectivity index (χ2n) is 8.56. The fraction of sp³-hybridized carbons (Fsp3) is 0.440. The highest BCUT2D eigenvalue weighted by Gasteiger charge is 2.30. The van der Waals surface area contributed by atoms with Crippen molar-refractivity contribution >= 4 is 23.2 Å². The molecular weight excluding hydrogens is 374 g/mol. The van der Waals surface area contributed by atoms with Gasteiger partial charge in [0, 0.05) is 30.4 Å². The van der Waals surface area contributed by atoms with Gasteiger partial charge in [0.1, 0.15) is 0 Å². The van der Waals surface area contributed by atoms with Gasteiger partial charge in [0.15, 0.2) is 0 Å². The van der Waals surface area contributed by atoms with E-state index < -0.39 is 0 Å². The minimum Gasteiger partial charge on any atom is -0.326 e. The number of carbonyl (C=O) groups excluding carboxylic acids is 2. The average molecular weight is 408 g/mol. The van der Waals surface area contributed by atoms with E-state index in [-0.39, 0.29) is 11.8 Å². The van der Waals surface area contributed by atoms with Gasteiger partial charge in [-0.15, -0.1) is 0 Å². The van der Waals surface area contributed by atoms with Crippen LogP contribution in [-0.2, 0) is 9.59 Å². The molecule has 2 N–H and O–H groups in total. The molecule has 1 fully saturated rings. The van der Waals surface area contributed by atoms with E-state index in [4.69, 9.17) is 0 Å². The first-order valence-corrected chi connectivity index (χ1v) is 10.8. The monoisotopic (exact) mass is 407 g/mol. The van der Waals surface area contributed by atoms with Gasteiger partial charge < -0.3 is 10.6 Å². The van der Waals surface area contributed by atoms with E-state index in [2.05, 4.69) is 35.4 Å². The minimum absolute atomic E-state index is 0.0103. The van der Waals surface area contributed by atoms with Crippen LogP contribution in [0.2, 0.25) is 0 Å². The molecule has 2 aromatic carbocycles. The molecular formula is C25H33N3O2. The predicted molar refractivity (Wildman–Crippen MR) is 123 cm³/mol. The molecule has 5 nitrogen and oxygen atoms in total. The lowest BCUT2D eigenvalue weighted by Gasteiger charge is -2.22. The lowest BCUT2D eigenvalue weighted by molar-refractivity contribution is -0.119. The number of benzene rings is 2. The molecule has 2 amide bonds. The number of nitrogens with zero attached hydrogens (tertiary/aromatic N) is 1. The van der Waals surface area contributed by atoms with Crippen molar-refractivity contribution in [2.75, 3.05) is 23.7 Å². The Bertz CT molecular complexity index is 883. The molecule has 0 spiro atoms. The summed E-state index contributed by atoms with van der Waals surface area (Å²) in [4.78, 5) is 27.4. The summed E-state index contributed by atoms with van der Waals surface area (Å²) in [6.07, 6.45) is 2.56. The highest BCUT2D eigenvalue weighted by atomic mass is 16.2. The third-order valence-corrected chi connectivity index (χ3v) is 5.64. The third-order valence-electron chi connectivity index (χ3n) is 5.64. The molecule has 0 heterocycles. The number of anilines is 2. The Labute approximate surface area is 179 Å². The van der Waals surface area contributed by atoms with Crippen molar-refractivity contribution < 1.29 is 9.59 Å². The number of hydrogen-bond acceptors (Lipinski definition) is 3. The number of carbonyl (C=O) groups is 2. The summed E-state index contributed by atoms with van der Waals surface area (Å²) >= 11 is 0. The third kappa shape index (κ3) is 5.92. The van der Waals surface area contributed by atoms with E-state index in [1.807, 2.05) is 50.2 Å². The van der Waals surface area contributed by atoms with E-state index in [1.165, 1.54) is 0 Å². The quantitative estimate of drug-likeness (QED) is 0.624. The van der Waals surface area contributed by atoms with Crippen LogP contribution in [-0.4, -0.2) is 35.8 Å². The van der Waals surface area contributed by atoms with E-state index in [0.717, 1.165) is 40.9 Å². The Kier molecular flexibility index (Phi) is 7.27. The second kappa shape index (κ2) is 9.90. The number of para-hydroxylation sites is 2. The topological polar surface area (TPSA) is 61.4 Å². The summed E-state index contributed by atoms with van der Waals surface area (Å²) in [5.41, 5.74) is 5.02. The molecule has 0 bridgehead atoms. The van der Waals surface area contributed by atoms with E-state index in [1.54, 1.807) is 0 Å². The van der Waals surface area contributed by atoms with Crippen LogP contribution in [0.25, 0.3) is 0 Å². The van der Waals surface area contributed by atoms with Gasteiger partial charge in [0.05, 0.1) is 6.54 Å². The molecule has 0 aliphatic heterocycles. The summed E-state index contributed by atoms with van der Waals surface area (Å²) in [5.74, 6) is 0.312. The van der Waals surface area contributed by atoms with Gasteiger partial charge in [-0.25, -0.2) is 0 Å². The molecule has 160 valence electrons. The van der Waals surface area contributed by atoms with Crippen LogP contribution in [0.3, 0.4) is 0 Å². The lowest BCUT2D eigenvalue weighted by atomic mass is 10.0. The van der Waals surface area contributed by atoms with Gasteiger partial charge in [0.25, 0.3) is 0 Å². The summed E-state index contributed by atoms with van der Waals surface area (Å²) in [5, 5.41) is 6.11. The summed E-state index contributed by atoms with van der Waals surface area (Å²) in [6.45, 7) is 9.14. The first kappa shape index (κ1) is 22.0. The highest BCUT2D eigenvalue weighted by molar-refractivity contribution is 5.94. The normalized spacial score (nSPS) is 13.5. The Morgan fingerprint density at radius 3 is 2.27 bits per heavy atom. The van der Waals surface area contributed by atoms with Crippen LogP contribution in [0.5, 0.6) is 0 Å². The molecule has 0 atom stereocenters. The van der Waals surface area contributed by atoms with Crippen LogP contribution in [0, 0.1) is 13.8 Å². The van der Waals surface area contributed by atoms with Crippen molar-refractivity contribution in [1.29, 1.82) is 0 Å². The molecule has 0 aromatic heterocycles. The molecule has 0 unspecified atom stereocenters. The van der Waals surface area contributed by atoms with E-state index in [0.29, 0.717) is 31.5 Å². The SMILES string of the molecule is Cc1cccc(C)c1NC(=O)CN(CCC(=O)Nc1ccccc1C(C)C)C1CC1. The molecule has 1 saturated carbocycles. The fourth-order valence-corrected chi connectivity index (χ4v) is 3.78. The van der Waals surface area contributed by atoms with Crippen molar-refractivity contribution in [3.63, 3.8) is 0 Å². The van der Waals surface area contributed by atoms with Crippen LogP contribution >= 0.6 is 0 Å². The smallest absolute Gasteiger partial charge is 0.238 e. The van der Waals surface area contributed by atoms with E-state index in [9.17, 15) is 9.59 Å². The molecule has 3 rings (SSSR count). The van der Waals surface area contributed by atoms with Gasteiger partial charge in [-0.1, -0.05) is 50.2 Å². The van der Waals surface area contributed by atoms with Crippen molar-refractivity contribution in [1.82, 2.24) is 4.90 Å². The van der Waals surface area contributed by atoms with Crippen LogP contribution in [0.1, 0.15) is 55.7 Å². The van der Waals surface area contributed by atoms with Gasteiger partial charge in [0.2, 0.25) is 11.8 Å². The van der Waals surface area contributed by atoms with Crippen LogP contribution in [0.15, 0.2) is 42.5 Å². The highest BCUT2D eigenvalue weighted by Crippen LogP contribution is 2.28. The zero-order chi connectivity index (χ0) is 21.7. The second-order valence-corrected chi connectivity index (χ2v) is 8.56. The molecule has 1 aliphatic rings. The number of amides is 2. The van der Waals surface area contributed by atoms with Crippen molar-refractivity contribution in [3.8, 4) is 0 Å². The zero-order valence-electron chi connectivity index (χ0n) is 18.5. The Hall–Kier alpha value is -2.66. The Balaban J connectivity index is 1.55. The maximum atomic E-state index is 12.7. The van der Waals surface area contributed by atoms with Crippen LogP contribution in [0.4, 0.5) is 11.4 Å². The Morgan fingerprint density at radius 1 is 0.967 bits per heavy atom. The van der Waals surface area contributed by atoms with Crippen molar-refractivity contribution in [2.45, 2.75) is 58.9 Å². The number of aryl methyl sites for hydroxylation is 2. The fourth-order valence-electron chi connectivity index (χ4n) is 3.78. The average Bonchev–Trinajstić information content (AvgIpc) is 3.53. The minimum atomic E-state index is -0.0233. The molecule has 2 aromatic rings.